The van der Waals surface area contributed by atoms with Crippen molar-refractivity contribution in [1.82, 2.24) is 0 Å². The number of oxime groups is 1. The Kier molecular flexibility index (Phi) is 5.22. The molecule has 0 aliphatic carbocycles. The van der Waals surface area contributed by atoms with E-state index in [1.165, 1.54) is 23.5 Å². The van der Waals surface area contributed by atoms with Crippen molar-refractivity contribution in [3.05, 3.63) is 52.2 Å². The summed E-state index contributed by atoms with van der Waals surface area (Å²) >= 11 is 1.34. The van der Waals surface area contributed by atoms with Gasteiger partial charge in [-0.1, -0.05) is 23.4 Å². The molecule has 1 aromatic heterocycles. The predicted octanol–water partition coefficient (Wildman–Crippen LogP) is 3.04. The van der Waals surface area contributed by atoms with Crippen LogP contribution in [-0.4, -0.2) is 18.3 Å². The van der Waals surface area contributed by atoms with Gasteiger partial charge in [-0.3, -0.25) is 4.79 Å². The number of alkyl halides is 3. The molecule has 0 radical (unpaired) electrons. The lowest BCUT2D eigenvalue weighted by Gasteiger charge is -2.13. The molecule has 1 aromatic carbocycles. The van der Waals surface area contributed by atoms with Crippen LogP contribution in [0.15, 0.2) is 46.9 Å². The topological polar surface area (TPSA) is 76.7 Å². The number of hydrogen-bond acceptors (Lipinski definition) is 4. The van der Waals surface area contributed by atoms with Crippen molar-refractivity contribution in [2.24, 2.45) is 10.9 Å². The number of para-hydroxylation sites is 1. The minimum atomic E-state index is -4.56. The van der Waals surface area contributed by atoms with E-state index in [0.717, 1.165) is 12.1 Å². The first kappa shape index (κ1) is 16.8. The average molecular weight is 343 g/mol. The Morgan fingerprint density at radius 3 is 2.65 bits per heavy atom. The van der Waals surface area contributed by atoms with Gasteiger partial charge >= 0.3 is 6.18 Å². The van der Waals surface area contributed by atoms with Crippen LogP contribution in [0.25, 0.3) is 0 Å². The summed E-state index contributed by atoms with van der Waals surface area (Å²) in [6.07, 6.45) is -4.56. The molecule has 3 N–H and O–H groups in total. The zero-order valence-electron chi connectivity index (χ0n) is 11.6. The first-order chi connectivity index (χ1) is 10.9. The number of anilines is 1. The van der Waals surface area contributed by atoms with Crippen molar-refractivity contribution in [1.29, 1.82) is 0 Å². The largest absolute Gasteiger partial charge is 0.418 e. The molecule has 9 heteroatoms. The van der Waals surface area contributed by atoms with Crippen molar-refractivity contribution in [3.63, 3.8) is 0 Å². The van der Waals surface area contributed by atoms with Gasteiger partial charge in [-0.05, 0) is 23.6 Å². The molecule has 0 bridgehead atoms. The second-order valence-corrected chi connectivity index (χ2v) is 5.27. The van der Waals surface area contributed by atoms with Gasteiger partial charge in [0.05, 0.1) is 16.1 Å². The molecule has 0 spiro atoms. The van der Waals surface area contributed by atoms with Gasteiger partial charge in [-0.2, -0.15) is 13.2 Å². The van der Waals surface area contributed by atoms with E-state index in [1.807, 2.05) is 0 Å². The second-order valence-electron chi connectivity index (χ2n) is 4.32. The summed E-state index contributed by atoms with van der Waals surface area (Å²) in [5, 5.41) is 7.47. The maximum Gasteiger partial charge on any atom is 0.418 e. The van der Waals surface area contributed by atoms with E-state index in [4.69, 9.17) is 10.6 Å². The van der Waals surface area contributed by atoms with Crippen LogP contribution in [0.1, 0.15) is 10.4 Å². The molecular weight excluding hydrogens is 331 g/mol. The number of amides is 1. The molecule has 0 fully saturated rings. The fraction of sp³-hybridized carbons (Fsp3) is 0.143. The Bertz CT molecular complexity index is 700. The summed E-state index contributed by atoms with van der Waals surface area (Å²) in [4.78, 5) is 17.1. The highest BCUT2D eigenvalue weighted by Crippen LogP contribution is 2.34. The predicted molar refractivity (Wildman–Crippen MR) is 81.1 cm³/mol. The number of nitrogens with two attached hydrogens (primary N) is 1. The second kappa shape index (κ2) is 7.14. The van der Waals surface area contributed by atoms with Gasteiger partial charge in [-0.25, -0.2) is 0 Å². The van der Waals surface area contributed by atoms with Crippen LogP contribution in [0.5, 0.6) is 0 Å². The number of nitrogens with one attached hydrogen (secondary N) is 1. The Balaban J connectivity index is 1.95. The lowest BCUT2D eigenvalue weighted by molar-refractivity contribution is -0.137. The normalized spacial score (nSPS) is 12.0. The van der Waals surface area contributed by atoms with E-state index in [9.17, 15) is 18.0 Å². The molecule has 2 aromatic rings. The van der Waals surface area contributed by atoms with Crippen LogP contribution in [-0.2, 0) is 15.8 Å². The Morgan fingerprint density at radius 1 is 1.26 bits per heavy atom. The van der Waals surface area contributed by atoms with Crippen molar-refractivity contribution < 1.29 is 22.8 Å². The van der Waals surface area contributed by atoms with Crippen molar-refractivity contribution in [3.8, 4) is 0 Å². The number of thiophene rings is 1. The quantitative estimate of drug-likeness (QED) is 0.498. The van der Waals surface area contributed by atoms with Crippen LogP contribution < -0.4 is 11.1 Å². The lowest BCUT2D eigenvalue weighted by Crippen LogP contribution is -2.21. The van der Waals surface area contributed by atoms with Gasteiger partial charge < -0.3 is 15.9 Å². The third-order valence-corrected chi connectivity index (χ3v) is 3.53. The van der Waals surface area contributed by atoms with Crippen molar-refractivity contribution in [2.75, 3.05) is 11.9 Å². The van der Waals surface area contributed by atoms with Gasteiger partial charge in [0.1, 0.15) is 0 Å². The third-order valence-electron chi connectivity index (χ3n) is 2.64. The summed E-state index contributed by atoms with van der Waals surface area (Å²) in [6, 6.07) is 8.14. The molecule has 23 heavy (non-hydrogen) atoms. The summed E-state index contributed by atoms with van der Waals surface area (Å²) in [7, 11) is 0. The number of amidine groups is 1. The molecule has 0 saturated carbocycles. The highest BCUT2D eigenvalue weighted by molar-refractivity contribution is 7.12. The number of hydrogen-bond donors (Lipinski definition) is 2. The smallest absolute Gasteiger partial charge is 0.384 e. The lowest BCUT2D eigenvalue weighted by atomic mass is 10.1. The fourth-order valence-corrected chi connectivity index (χ4v) is 2.27. The molecular formula is C14H12F3N3O2S. The molecule has 0 saturated heterocycles. The van der Waals surface area contributed by atoms with Crippen LogP contribution in [0, 0.1) is 0 Å². The number of carbonyl (C=O) groups is 1. The molecule has 0 aliphatic rings. The minimum absolute atomic E-state index is 0.0866. The van der Waals surface area contributed by atoms with E-state index >= 15 is 0 Å². The molecule has 2 rings (SSSR count). The molecule has 122 valence electrons. The molecule has 1 amide bonds. The van der Waals surface area contributed by atoms with E-state index in [2.05, 4.69) is 10.5 Å². The fourth-order valence-electron chi connectivity index (χ4n) is 1.66. The van der Waals surface area contributed by atoms with Crippen LogP contribution >= 0.6 is 11.3 Å². The first-order valence-electron chi connectivity index (χ1n) is 6.33. The van der Waals surface area contributed by atoms with Crippen molar-refractivity contribution >= 4 is 28.8 Å². The zero-order valence-corrected chi connectivity index (χ0v) is 12.4. The maximum atomic E-state index is 12.8. The monoisotopic (exact) mass is 343 g/mol. The molecule has 0 aliphatic heterocycles. The van der Waals surface area contributed by atoms with Gasteiger partial charge in [0, 0.05) is 0 Å². The van der Waals surface area contributed by atoms with E-state index < -0.39 is 24.3 Å². The summed E-state index contributed by atoms with van der Waals surface area (Å²) < 4.78 is 38.4. The Hall–Kier alpha value is -2.55. The van der Waals surface area contributed by atoms with Crippen LogP contribution in [0.4, 0.5) is 18.9 Å². The first-order valence-corrected chi connectivity index (χ1v) is 7.21. The third kappa shape index (κ3) is 4.71. The van der Waals surface area contributed by atoms with Gasteiger partial charge in [0.2, 0.25) is 0 Å². The van der Waals surface area contributed by atoms with E-state index in [-0.39, 0.29) is 11.5 Å². The van der Waals surface area contributed by atoms with Crippen molar-refractivity contribution in [2.45, 2.75) is 6.18 Å². The number of rotatable bonds is 5. The summed E-state index contributed by atoms with van der Waals surface area (Å²) in [5.74, 6) is -0.687. The van der Waals surface area contributed by atoms with E-state index in [1.54, 1.807) is 17.5 Å². The Labute approximate surface area is 133 Å². The van der Waals surface area contributed by atoms with E-state index in [0.29, 0.717) is 4.88 Å². The zero-order chi connectivity index (χ0) is 16.9. The summed E-state index contributed by atoms with van der Waals surface area (Å²) in [5.41, 5.74) is 4.34. The molecule has 0 atom stereocenters. The molecule has 5 nitrogen and oxygen atoms in total. The Morgan fingerprint density at radius 2 is 2.00 bits per heavy atom. The number of carbonyl (C=O) groups excluding carboxylic acids is 1. The SMILES string of the molecule is N/C(=N\OCC(=O)Nc1ccccc1C(F)(F)F)c1cccs1. The standard InChI is InChI=1S/C14H12F3N3O2S/c15-14(16,17)9-4-1-2-5-10(9)19-12(21)8-22-20-13(18)11-6-3-7-23-11/h1-7H,8H2,(H2,18,20)(H,19,21). The average Bonchev–Trinajstić information content (AvgIpc) is 3.01. The highest BCUT2D eigenvalue weighted by Gasteiger charge is 2.33. The van der Waals surface area contributed by atoms with Gasteiger partial charge in [0.25, 0.3) is 5.91 Å². The summed E-state index contributed by atoms with van der Waals surface area (Å²) in [6.45, 7) is -0.557. The molecule has 0 unspecified atom stereocenters. The number of halogens is 3. The van der Waals surface area contributed by atoms with Gasteiger partial charge in [0.15, 0.2) is 12.4 Å². The number of nitrogens with zero attached hydrogens (tertiary/aromatic N) is 1. The maximum absolute atomic E-state index is 12.8. The minimum Gasteiger partial charge on any atom is -0.384 e. The highest BCUT2D eigenvalue weighted by atomic mass is 32.1. The van der Waals surface area contributed by atoms with Crippen LogP contribution in [0.3, 0.4) is 0 Å². The van der Waals surface area contributed by atoms with Crippen LogP contribution in [0.2, 0.25) is 0 Å². The number of benzene rings is 1. The van der Waals surface area contributed by atoms with Gasteiger partial charge in [-0.15, -0.1) is 11.3 Å². The molecule has 1 heterocycles.